The molecule has 0 aliphatic rings. The Morgan fingerprint density at radius 2 is 1.92 bits per heavy atom. The molecule has 1 aromatic carbocycles. The number of anilines is 3. The summed E-state index contributed by atoms with van der Waals surface area (Å²) in [5.41, 5.74) is 3.73. The van der Waals surface area contributed by atoms with Crippen LogP contribution in [0.1, 0.15) is 12.5 Å². The normalized spacial score (nSPS) is 10.5. The number of benzene rings is 1. The Kier molecular flexibility index (Phi) is 5.05. The van der Waals surface area contributed by atoms with Crippen molar-refractivity contribution in [2.75, 3.05) is 17.2 Å². The molecule has 2 aromatic heterocycles. The first-order valence-corrected chi connectivity index (χ1v) is 8.52. The number of aromatic nitrogens is 3. The number of halogens is 1. The molecule has 0 bridgehead atoms. The van der Waals surface area contributed by atoms with Gasteiger partial charge in [-0.3, -0.25) is 4.98 Å². The minimum Gasteiger partial charge on any atom is -0.354 e. The smallest absolute Gasteiger partial charge is 0.225 e. The maximum Gasteiger partial charge on any atom is 0.225 e. The molecular weight excluding hydrogens is 366 g/mol. The van der Waals surface area contributed by atoms with E-state index in [9.17, 15) is 0 Å². The first-order chi connectivity index (χ1) is 11.7. The molecule has 0 amide bonds. The SMILES string of the molecule is CCNc1nc(Nc2ccc(C)cc2Br)cc(-c2ccccn2)n1. The van der Waals surface area contributed by atoms with E-state index in [2.05, 4.69) is 60.6 Å². The summed E-state index contributed by atoms with van der Waals surface area (Å²) in [6, 6.07) is 13.8. The average Bonchev–Trinajstić information content (AvgIpc) is 2.58. The van der Waals surface area contributed by atoms with Gasteiger partial charge in [-0.1, -0.05) is 12.1 Å². The van der Waals surface area contributed by atoms with E-state index in [4.69, 9.17) is 0 Å². The molecule has 3 rings (SSSR count). The molecule has 3 aromatic rings. The molecule has 122 valence electrons. The zero-order valence-electron chi connectivity index (χ0n) is 13.5. The Bertz CT molecular complexity index is 836. The van der Waals surface area contributed by atoms with Crippen LogP contribution < -0.4 is 10.6 Å². The lowest BCUT2D eigenvalue weighted by molar-refractivity contribution is 1.08. The number of nitrogens with zero attached hydrogens (tertiary/aromatic N) is 3. The minimum absolute atomic E-state index is 0.575. The van der Waals surface area contributed by atoms with E-state index < -0.39 is 0 Å². The van der Waals surface area contributed by atoms with Gasteiger partial charge in [0.15, 0.2) is 0 Å². The van der Waals surface area contributed by atoms with Crippen LogP contribution in [-0.2, 0) is 0 Å². The van der Waals surface area contributed by atoms with Crippen LogP contribution in [0.25, 0.3) is 11.4 Å². The summed E-state index contributed by atoms with van der Waals surface area (Å²) >= 11 is 3.58. The molecule has 2 heterocycles. The van der Waals surface area contributed by atoms with Gasteiger partial charge in [-0.05, 0) is 59.6 Å². The lowest BCUT2D eigenvalue weighted by atomic mass is 10.2. The van der Waals surface area contributed by atoms with Gasteiger partial charge in [0.2, 0.25) is 5.95 Å². The van der Waals surface area contributed by atoms with E-state index in [1.54, 1.807) is 6.20 Å². The van der Waals surface area contributed by atoms with Gasteiger partial charge in [0, 0.05) is 23.3 Å². The summed E-state index contributed by atoms with van der Waals surface area (Å²) in [7, 11) is 0. The molecule has 0 atom stereocenters. The van der Waals surface area contributed by atoms with Gasteiger partial charge in [-0.15, -0.1) is 0 Å². The zero-order chi connectivity index (χ0) is 16.9. The van der Waals surface area contributed by atoms with Crippen molar-refractivity contribution < 1.29 is 0 Å². The summed E-state index contributed by atoms with van der Waals surface area (Å²) in [6.07, 6.45) is 1.76. The van der Waals surface area contributed by atoms with Crippen LogP contribution in [-0.4, -0.2) is 21.5 Å². The fourth-order valence-electron chi connectivity index (χ4n) is 2.25. The van der Waals surface area contributed by atoms with E-state index in [0.717, 1.165) is 28.1 Å². The molecule has 24 heavy (non-hydrogen) atoms. The van der Waals surface area contributed by atoms with Gasteiger partial charge in [-0.25, -0.2) is 4.98 Å². The Morgan fingerprint density at radius 1 is 1.04 bits per heavy atom. The van der Waals surface area contributed by atoms with Crippen molar-refractivity contribution in [3.63, 3.8) is 0 Å². The number of pyridine rings is 1. The molecule has 0 spiro atoms. The molecule has 0 saturated carbocycles. The third kappa shape index (κ3) is 3.89. The molecule has 0 fully saturated rings. The van der Waals surface area contributed by atoms with Crippen molar-refractivity contribution in [1.29, 1.82) is 0 Å². The van der Waals surface area contributed by atoms with Gasteiger partial charge < -0.3 is 10.6 Å². The van der Waals surface area contributed by atoms with Crippen LogP contribution >= 0.6 is 15.9 Å². The summed E-state index contributed by atoms with van der Waals surface area (Å²) in [6.45, 7) is 4.82. The summed E-state index contributed by atoms with van der Waals surface area (Å²) in [5, 5.41) is 6.51. The van der Waals surface area contributed by atoms with Gasteiger partial charge in [0.1, 0.15) is 5.82 Å². The highest BCUT2D eigenvalue weighted by Gasteiger charge is 2.09. The van der Waals surface area contributed by atoms with E-state index in [0.29, 0.717) is 11.8 Å². The summed E-state index contributed by atoms with van der Waals surface area (Å²) in [5.74, 6) is 1.29. The minimum atomic E-state index is 0.575. The Labute approximate surface area is 149 Å². The number of aryl methyl sites for hydroxylation is 1. The highest BCUT2D eigenvalue weighted by atomic mass is 79.9. The van der Waals surface area contributed by atoms with Crippen LogP contribution in [0.15, 0.2) is 53.1 Å². The van der Waals surface area contributed by atoms with Crippen LogP contribution in [0.3, 0.4) is 0 Å². The maximum atomic E-state index is 4.54. The molecule has 2 N–H and O–H groups in total. The van der Waals surface area contributed by atoms with Crippen LogP contribution in [0.4, 0.5) is 17.5 Å². The number of hydrogen-bond acceptors (Lipinski definition) is 5. The summed E-state index contributed by atoms with van der Waals surface area (Å²) in [4.78, 5) is 13.4. The lowest BCUT2D eigenvalue weighted by Gasteiger charge is -2.12. The van der Waals surface area contributed by atoms with Gasteiger partial charge in [0.25, 0.3) is 0 Å². The van der Waals surface area contributed by atoms with Crippen molar-refractivity contribution in [1.82, 2.24) is 15.0 Å². The quantitative estimate of drug-likeness (QED) is 0.663. The van der Waals surface area contributed by atoms with Crippen molar-refractivity contribution in [3.05, 3.63) is 58.7 Å². The fraction of sp³-hybridized carbons (Fsp3) is 0.167. The van der Waals surface area contributed by atoms with Crippen molar-refractivity contribution >= 4 is 33.4 Å². The number of nitrogens with one attached hydrogen (secondary N) is 2. The first-order valence-electron chi connectivity index (χ1n) is 7.73. The summed E-state index contributed by atoms with van der Waals surface area (Å²) < 4.78 is 0.991. The second-order valence-corrected chi connectivity index (χ2v) is 6.17. The second-order valence-electron chi connectivity index (χ2n) is 5.32. The molecular formula is C18H18BrN5. The molecule has 0 unspecified atom stereocenters. The Balaban J connectivity index is 1.99. The van der Waals surface area contributed by atoms with Crippen molar-refractivity contribution in [2.45, 2.75) is 13.8 Å². The van der Waals surface area contributed by atoms with Crippen molar-refractivity contribution in [2.24, 2.45) is 0 Å². The fourth-order valence-corrected chi connectivity index (χ4v) is 2.85. The van der Waals surface area contributed by atoms with Crippen LogP contribution in [0, 0.1) is 6.92 Å². The largest absolute Gasteiger partial charge is 0.354 e. The molecule has 5 nitrogen and oxygen atoms in total. The molecule has 0 aliphatic carbocycles. The second kappa shape index (κ2) is 7.40. The first kappa shape index (κ1) is 16.4. The van der Waals surface area contributed by atoms with E-state index in [1.165, 1.54) is 5.56 Å². The van der Waals surface area contributed by atoms with Gasteiger partial charge >= 0.3 is 0 Å². The maximum absolute atomic E-state index is 4.54. The van der Waals surface area contributed by atoms with Gasteiger partial charge in [0.05, 0.1) is 17.1 Å². The molecule has 0 aliphatic heterocycles. The highest BCUT2D eigenvalue weighted by molar-refractivity contribution is 9.10. The van der Waals surface area contributed by atoms with Crippen LogP contribution in [0.2, 0.25) is 0 Å². The highest BCUT2D eigenvalue weighted by Crippen LogP contribution is 2.28. The van der Waals surface area contributed by atoms with E-state index >= 15 is 0 Å². The van der Waals surface area contributed by atoms with E-state index in [-0.39, 0.29) is 0 Å². The third-order valence-electron chi connectivity index (χ3n) is 3.38. The Hall–Kier alpha value is -2.47. The molecule has 0 saturated heterocycles. The average molecular weight is 384 g/mol. The zero-order valence-corrected chi connectivity index (χ0v) is 15.1. The third-order valence-corrected chi connectivity index (χ3v) is 4.03. The molecule has 6 heteroatoms. The topological polar surface area (TPSA) is 62.7 Å². The van der Waals surface area contributed by atoms with Crippen LogP contribution in [0.5, 0.6) is 0 Å². The molecule has 0 radical (unpaired) electrons. The predicted molar refractivity (Wildman–Crippen MR) is 102 cm³/mol. The number of hydrogen-bond donors (Lipinski definition) is 2. The monoisotopic (exact) mass is 383 g/mol. The van der Waals surface area contributed by atoms with Gasteiger partial charge in [-0.2, -0.15) is 4.98 Å². The van der Waals surface area contributed by atoms with E-state index in [1.807, 2.05) is 37.3 Å². The predicted octanol–water partition coefficient (Wildman–Crippen LogP) is 4.78. The number of rotatable bonds is 5. The van der Waals surface area contributed by atoms with Crippen molar-refractivity contribution in [3.8, 4) is 11.4 Å². The standard InChI is InChI=1S/C18H18BrN5/c1-3-20-18-23-16(15-6-4-5-9-21-15)11-17(24-18)22-14-8-7-12(2)10-13(14)19/h4-11H,3H2,1-2H3,(H2,20,22,23,24). The Morgan fingerprint density at radius 3 is 2.62 bits per heavy atom. The lowest BCUT2D eigenvalue weighted by Crippen LogP contribution is -2.06.